The summed E-state index contributed by atoms with van der Waals surface area (Å²) in [5.41, 5.74) is 3.18. The van der Waals surface area contributed by atoms with Gasteiger partial charge in [0.25, 0.3) is 0 Å². The fraction of sp³-hybridized carbons (Fsp3) is 0.235. The average Bonchev–Trinajstić information content (AvgIpc) is 2.47. The summed E-state index contributed by atoms with van der Waals surface area (Å²) in [4.78, 5) is 0. The van der Waals surface area contributed by atoms with Gasteiger partial charge in [0.15, 0.2) is 0 Å². The first kappa shape index (κ1) is 14.2. The highest BCUT2D eigenvalue weighted by Crippen LogP contribution is 2.22. The Balaban J connectivity index is 2.17. The molecule has 0 heterocycles. The first-order valence-corrected chi connectivity index (χ1v) is 6.73. The first-order chi connectivity index (χ1) is 9.72. The molecule has 2 aromatic rings. The SMILES string of the molecule is CCCNCc1ccc(-c2cc(F)cc(C#N)c2)cc1. The molecule has 2 aromatic carbocycles. The minimum absolute atomic E-state index is 0.341. The van der Waals surface area contributed by atoms with Gasteiger partial charge >= 0.3 is 0 Å². The molecular formula is C17H17FN2. The molecule has 0 spiro atoms. The Bertz CT molecular complexity index is 612. The van der Waals surface area contributed by atoms with E-state index in [9.17, 15) is 4.39 Å². The molecule has 0 aliphatic heterocycles. The van der Waals surface area contributed by atoms with Crippen LogP contribution in [0.4, 0.5) is 4.39 Å². The van der Waals surface area contributed by atoms with Crippen LogP contribution in [0.1, 0.15) is 24.5 Å². The van der Waals surface area contributed by atoms with Gasteiger partial charge in [0.2, 0.25) is 0 Å². The number of hydrogen-bond acceptors (Lipinski definition) is 2. The summed E-state index contributed by atoms with van der Waals surface area (Å²) in [6.45, 7) is 3.96. The van der Waals surface area contributed by atoms with Crippen LogP contribution < -0.4 is 5.32 Å². The standard InChI is InChI=1S/C17H17FN2/c1-2-7-20-12-13-3-5-15(6-4-13)16-8-14(11-19)9-17(18)10-16/h3-6,8-10,20H,2,7,12H2,1H3. The van der Waals surface area contributed by atoms with Crippen LogP contribution in [0.15, 0.2) is 42.5 Å². The van der Waals surface area contributed by atoms with Crippen LogP contribution in [0, 0.1) is 17.1 Å². The third kappa shape index (κ3) is 3.66. The highest BCUT2D eigenvalue weighted by atomic mass is 19.1. The van der Waals surface area contributed by atoms with Crippen LogP contribution in [0.25, 0.3) is 11.1 Å². The largest absolute Gasteiger partial charge is 0.313 e. The van der Waals surface area contributed by atoms with Crippen LogP contribution in [-0.4, -0.2) is 6.54 Å². The molecule has 0 bridgehead atoms. The van der Waals surface area contributed by atoms with E-state index >= 15 is 0 Å². The molecule has 1 N–H and O–H groups in total. The topological polar surface area (TPSA) is 35.8 Å². The molecule has 2 rings (SSSR count). The molecule has 0 saturated carbocycles. The van der Waals surface area contributed by atoms with Gasteiger partial charge in [-0.25, -0.2) is 4.39 Å². The van der Waals surface area contributed by atoms with E-state index in [1.807, 2.05) is 30.3 Å². The molecule has 0 aliphatic carbocycles. The van der Waals surface area contributed by atoms with Crippen LogP contribution >= 0.6 is 0 Å². The molecule has 0 unspecified atom stereocenters. The number of rotatable bonds is 5. The van der Waals surface area contributed by atoms with Crippen LogP contribution in [0.5, 0.6) is 0 Å². The minimum atomic E-state index is -0.382. The molecule has 0 atom stereocenters. The Morgan fingerprint density at radius 1 is 1.10 bits per heavy atom. The molecule has 0 amide bonds. The molecule has 0 radical (unpaired) electrons. The van der Waals surface area contributed by atoms with Crippen molar-refractivity contribution in [2.24, 2.45) is 0 Å². The molecule has 0 fully saturated rings. The third-order valence-corrected chi connectivity index (χ3v) is 3.07. The summed E-state index contributed by atoms with van der Waals surface area (Å²) in [6, 6.07) is 14.3. The smallest absolute Gasteiger partial charge is 0.125 e. The summed E-state index contributed by atoms with van der Waals surface area (Å²) >= 11 is 0. The van der Waals surface area contributed by atoms with E-state index in [-0.39, 0.29) is 5.82 Å². The molecule has 0 aliphatic rings. The Labute approximate surface area is 118 Å². The lowest BCUT2D eigenvalue weighted by Gasteiger charge is -2.06. The summed E-state index contributed by atoms with van der Waals surface area (Å²) in [7, 11) is 0. The van der Waals surface area contributed by atoms with E-state index in [2.05, 4.69) is 12.2 Å². The van der Waals surface area contributed by atoms with Crippen molar-refractivity contribution in [3.8, 4) is 17.2 Å². The predicted octanol–water partition coefficient (Wildman–Crippen LogP) is 3.86. The van der Waals surface area contributed by atoms with E-state index in [0.717, 1.165) is 30.6 Å². The highest BCUT2D eigenvalue weighted by Gasteiger charge is 2.03. The van der Waals surface area contributed by atoms with Crippen molar-refractivity contribution in [3.63, 3.8) is 0 Å². The summed E-state index contributed by atoms with van der Waals surface area (Å²) < 4.78 is 13.4. The lowest BCUT2D eigenvalue weighted by molar-refractivity contribution is 0.628. The molecule has 20 heavy (non-hydrogen) atoms. The summed E-state index contributed by atoms with van der Waals surface area (Å²) in [6.07, 6.45) is 1.11. The fourth-order valence-electron chi connectivity index (χ4n) is 2.05. The van der Waals surface area contributed by atoms with E-state index in [1.54, 1.807) is 6.07 Å². The predicted molar refractivity (Wildman–Crippen MR) is 78.5 cm³/mol. The second-order valence-corrected chi connectivity index (χ2v) is 4.71. The Morgan fingerprint density at radius 3 is 2.50 bits per heavy atom. The Kier molecular flexibility index (Phi) is 4.86. The van der Waals surface area contributed by atoms with Gasteiger partial charge in [-0.05, 0) is 47.9 Å². The van der Waals surface area contributed by atoms with Crippen molar-refractivity contribution in [1.29, 1.82) is 5.26 Å². The van der Waals surface area contributed by atoms with Crippen LogP contribution in [0.3, 0.4) is 0 Å². The molecule has 2 nitrogen and oxygen atoms in total. The van der Waals surface area contributed by atoms with Gasteiger partial charge in [0, 0.05) is 6.54 Å². The van der Waals surface area contributed by atoms with Gasteiger partial charge < -0.3 is 5.32 Å². The molecular weight excluding hydrogens is 251 g/mol. The van der Waals surface area contributed by atoms with Gasteiger partial charge in [-0.2, -0.15) is 5.26 Å². The second kappa shape index (κ2) is 6.83. The minimum Gasteiger partial charge on any atom is -0.313 e. The number of halogens is 1. The highest BCUT2D eigenvalue weighted by molar-refractivity contribution is 5.65. The van der Waals surface area contributed by atoms with E-state index in [1.165, 1.54) is 17.7 Å². The number of nitrogens with one attached hydrogen (secondary N) is 1. The van der Waals surface area contributed by atoms with Crippen molar-refractivity contribution in [3.05, 3.63) is 59.4 Å². The molecule has 0 aromatic heterocycles. The van der Waals surface area contributed by atoms with Gasteiger partial charge in [-0.1, -0.05) is 31.2 Å². The summed E-state index contributed by atoms with van der Waals surface area (Å²) in [5.74, 6) is -0.382. The average molecular weight is 268 g/mol. The first-order valence-electron chi connectivity index (χ1n) is 6.73. The summed E-state index contributed by atoms with van der Waals surface area (Å²) in [5, 5.41) is 12.2. The number of benzene rings is 2. The van der Waals surface area contributed by atoms with Gasteiger partial charge in [-0.3, -0.25) is 0 Å². The maximum absolute atomic E-state index is 13.4. The van der Waals surface area contributed by atoms with Gasteiger partial charge in [-0.15, -0.1) is 0 Å². The molecule has 0 saturated heterocycles. The zero-order chi connectivity index (χ0) is 14.4. The number of nitriles is 1. The molecule has 102 valence electrons. The van der Waals surface area contributed by atoms with Gasteiger partial charge in [0.05, 0.1) is 11.6 Å². The monoisotopic (exact) mass is 268 g/mol. The van der Waals surface area contributed by atoms with Crippen LogP contribution in [-0.2, 0) is 6.54 Å². The van der Waals surface area contributed by atoms with E-state index in [4.69, 9.17) is 5.26 Å². The van der Waals surface area contributed by atoms with Crippen molar-refractivity contribution in [2.45, 2.75) is 19.9 Å². The van der Waals surface area contributed by atoms with Crippen molar-refractivity contribution >= 4 is 0 Å². The molecule has 3 heteroatoms. The van der Waals surface area contributed by atoms with Crippen molar-refractivity contribution in [2.75, 3.05) is 6.54 Å². The van der Waals surface area contributed by atoms with Gasteiger partial charge in [0.1, 0.15) is 5.82 Å². The quantitative estimate of drug-likeness (QED) is 0.836. The lowest BCUT2D eigenvalue weighted by atomic mass is 10.0. The third-order valence-electron chi connectivity index (χ3n) is 3.07. The Hall–Kier alpha value is -2.18. The normalized spacial score (nSPS) is 10.2. The maximum atomic E-state index is 13.4. The van der Waals surface area contributed by atoms with Crippen molar-refractivity contribution in [1.82, 2.24) is 5.32 Å². The van der Waals surface area contributed by atoms with Crippen LogP contribution in [0.2, 0.25) is 0 Å². The lowest BCUT2D eigenvalue weighted by Crippen LogP contribution is -2.13. The fourth-order valence-corrected chi connectivity index (χ4v) is 2.05. The maximum Gasteiger partial charge on any atom is 0.125 e. The van der Waals surface area contributed by atoms with E-state index < -0.39 is 0 Å². The second-order valence-electron chi connectivity index (χ2n) is 4.71. The van der Waals surface area contributed by atoms with Crippen molar-refractivity contribution < 1.29 is 4.39 Å². The number of nitrogens with zero attached hydrogens (tertiary/aromatic N) is 1. The zero-order valence-corrected chi connectivity index (χ0v) is 11.5. The Morgan fingerprint density at radius 2 is 1.85 bits per heavy atom. The zero-order valence-electron chi connectivity index (χ0n) is 11.5. The van der Waals surface area contributed by atoms with E-state index in [0.29, 0.717) is 5.56 Å². The number of hydrogen-bond donors (Lipinski definition) is 1.